The second kappa shape index (κ2) is 5.97. The standard InChI is InChI=1S/C16H12N4O2/c17-8-11-3-1-2-4-15(11)22-10-16(21)19-13-5-6-14-12(7-13)9-18-20-14/h1-7,9H,10H2,(H,18,20)(H,19,21). The van der Waals surface area contributed by atoms with Crippen LogP contribution in [0.1, 0.15) is 5.56 Å². The highest BCUT2D eigenvalue weighted by Gasteiger charge is 2.07. The molecule has 0 fully saturated rings. The summed E-state index contributed by atoms with van der Waals surface area (Å²) in [5.74, 6) is 0.0982. The average Bonchev–Trinajstić information content (AvgIpc) is 3.01. The van der Waals surface area contributed by atoms with Crippen molar-refractivity contribution in [1.29, 1.82) is 5.26 Å². The number of aromatic amines is 1. The van der Waals surface area contributed by atoms with Crippen molar-refractivity contribution in [1.82, 2.24) is 10.2 Å². The Morgan fingerprint density at radius 2 is 2.18 bits per heavy atom. The van der Waals surface area contributed by atoms with Gasteiger partial charge in [-0.05, 0) is 30.3 Å². The van der Waals surface area contributed by atoms with Crippen molar-refractivity contribution in [2.45, 2.75) is 0 Å². The summed E-state index contributed by atoms with van der Waals surface area (Å²) in [5, 5.41) is 19.4. The third kappa shape index (κ3) is 2.88. The van der Waals surface area contributed by atoms with Crippen molar-refractivity contribution < 1.29 is 9.53 Å². The first kappa shape index (κ1) is 13.6. The monoisotopic (exact) mass is 292 g/mol. The van der Waals surface area contributed by atoms with Gasteiger partial charge in [0.15, 0.2) is 6.61 Å². The number of hydrogen-bond donors (Lipinski definition) is 2. The Labute approximate surface area is 126 Å². The molecule has 0 aliphatic heterocycles. The molecule has 0 radical (unpaired) electrons. The molecular formula is C16H12N4O2. The van der Waals surface area contributed by atoms with Crippen molar-refractivity contribution in [2.75, 3.05) is 11.9 Å². The normalized spacial score (nSPS) is 10.1. The van der Waals surface area contributed by atoms with E-state index in [1.54, 1.807) is 36.5 Å². The summed E-state index contributed by atoms with van der Waals surface area (Å²) in [4.78, 5) is 11.9. The number of carbonyl (C=O) groups excluding carboxylic acids is 1. The number of nitrogens with zero attached hydrogens (tertiary/aromatic N) is 2. The molecule has 0 atom stereocenters. The van der Waals surface area contributed by atoms with Gasteiger partial charge in [-0.3, -0.25) is 9.89 Å². The van der Waals surface area contributed by atoms with Crippen LogP contribution in [0.15, 0.2) is 48.7 Å². The molecule has 0 aliphatic carbocycles. The first-order valence-electron chi connectivity index (χ1n) is 6.61. The fourth-order valence-electron chi connectivity index (χ4n) is 2.05. The first-order valence-corrected chi connectivity index (χ1v) is 6.61. The molecule has 6 nitrogen and oxygen atoms in total. The minimum absolute atomic E-state index is 0.165. The summed E-state index contributed by atoms with van der Waals surface area (Å²) in [6.07, 6.45) is 1.69. The Kier molecular flexibility index (Phi) is 3.70. The van der Waals surface area contributed by atoms with Crippen molar-refractivity contribution in [3.63, 3.8) is 0 Å². The van der Waals surface area contributed by atoms with E-state index in [1.165, 1.54) is 0 Å². The van der Waals surface area contributed by atoms with Gasteiger partial charge in [-0.15, -0.1) is 0 Å². The van der Waals surface area contributed by atoms with Gasteiger partial charge in [-0.25, -0.2) is 0 Å². The van der Waals surface area contributed by atoms with Crippen molar-refractivity contribution >= 4 is 22.5 Å². The van der Waals surface area contributed by atoms with Gasteiger partial charge in [0.2, 0.25) is 0 Å². The molecule has 0 aliphatic rings. The van der Waals surface area contributed by atoms with Crippen LogP contribution in [0.5, 0.6) is 5.75 Å². The molecule has 0 unspecified atom stereocenters. The lowest BCUT2D eigenvalue weighted by molar-refractivity contribution is -0.118. The quantitative estimate of drug-likeness (QED) is 0.772. The smallest absolute Gasteiger partial charge is 0.262 e. The second-order valence-corrected chi connectivity index (χ2v) is 4.62. The zero-order valence-corrected chi connectivity index (χ0v) is 11.5. The number of para-hydroxylation sites is 1. The minimum Gasteiger partial charge on any atom is -0.482 e. The summed E-state index contributed by atoms with van der Waals surface area (Å²) >= 11 is 0. The Morgan fingerprint density at radius 1 is 1.32 bits per heavy atom. The second-order valence-electron chi connectivity index (χ2n) is 4.62. The molecule has 108 valence electrons. The zero-order chi connectivity index (χ0) is 15.4. The van der Waals surface area contributed by atoms with Gasteiger partial charge in [0.25, 0.3) is 5.91 Å². The van der Waals surface area contributed by atoms with E-state index in [0.29, 0.717) is 17.0 Å². The molecule has 0 spiro atoms. The SMILES string of the molecule is N#Cc1ccccc1OCC(=O)Nc1ccc2[nH]ncc2c1. The third-order valence-electron chi connectivity index (χ3n) is 3.09. The van der Waals surface area contributed by atoms with Gasteiger partial charge in [0, 0.05) is 11.1 Å². The van der Waals surface area contributed by atoms with E-state index in [2.05, 4.69) is 15.5 Å². The van der Waals surface area contributed by atoms with E-state index in [-0.39, 0.29) is 12.5 Å². The molecule has 1 aromatic heterocycles. The molecule has 1 amide bonds. The van der Waals surface area contributed by atoms with Crippen LogP contribution in [0.25, 0.3) is 10.9 Å². The molecule has 0 saturated carbocycles. The van der Waals surface area contributed by atoms with Gasteiger partial charge in [0.05, 0.1) is 17.3 Å². The molecule has 3 rings (SSSR count). The average molecular weight is 292 g/mol. The summed E-state index contributed by atoms with van der Waals surface area (Å²) in [6.45, 7) is -0.165. The molecule has 22 heavy (non-hydrogen) atoms. The molecule has 2 N–H and O–H groups in total. The largest absolute Gasteiger partial charge is 0.482 e. The van der Waals surface area contributed by atoms with E-state index < -0.39 is 0 Å². The van der Waals surface area contributed by atoms with Crippen molar-refractivity contribution in [3.8, 4) is 11.8 Å². The molecular weight excluding hydrogens is 280 g/mol. The van der Waals surface area contributed by atoms with Crippen molar-refractivity contribution in [3.05, 3.63) is 54.2 Å². The van der Waals surface area contributed by atoms with Gasteiger partial charge in [-0.2, -0.15) is 10.4 Å². The Morgan fingerprint density at radius 3 is 3.05 bits per heavy atom. The van der Waals surface area contributed by atoms with Crippen LogP contribution in [-0.2, 0) is 4.79 Å². The third-order valence-corrected chi connectivity index (χ3v) is 3.09. The van der Waals surface area contributed by atoms with E-state index in [0.717, 1.165) is 10.9 Å². The zero-order valence-electron chi connectivity index (χ0n) is 11.5. The number of ether oxygens (including phenoxy) is 1. The Balaban J connectivity index is 1.64. The van der Waals surface area contributed by atoms with E-state index >= 15 is 0 Å². The van der Waals surface area contributed by atoms with Crippen LogP contribution < -0.4 is 10.1 Å². The predicted molar refractivity (Wildman–Crippen MR) is 81.4 cm³/mol. The van der Waals surface area contributed by atoms with Crippen LogP contribution >= 0.6 is 0 Å². The first-order chi connectivity index (χ1) is 10.8. The van der Waals surface area contributed by atoms with Crippen LogP contribution in [0.2, 0.25) is 0 Å². The summed E-state index contributed by atoms with van der Waals surface area (Å²) in [6, 6.07) is 14.2. The van der Waals surface area contributed by atoms with Crippen LogP contribution in [0.4, 0.5) is 5.69 Å². The maximum absolute atomic E-state index is 11.9. The maximum atomic E-state index is 11.9. The molecule has 3 aromatic rings. The number of amides is 1. The fourth-order valence-corrected chi connectivity index (χ4v) is 2.05. The molecule has 0 saturated heterocycles. The number of anilines is 1. The maximum Gasteiger partial charge on any atom is 0.262 e. The molecule has 1 heterocycles. The van der Waals surface area contributed by atoms with Gasteiger partial charge in [-0.1, -0.05) is 12.1 Å². The lowest BCUT2D eigenvalue weighted by atomic mass is 10.2. The van der Waals surface area contributed by atoms with E-state index in [1.807, 2.05) is 18.2 Å². The summed E-state index contributed by atoms with van der Waals surface area (Å²) in [5.41, 5.74) is 1.96. The predicted octanol–water partition coefficient (Wildman–Crippen LogP) is 2.45. The van der Waals surface area contributed by atoms with Crippen LogP contribution in [0.3, 0.4) is 0 Å². The number of nitrogens with one attached hydrogen (secondary N) is 2. The number of carbonyl (C=O) groups is 1. The van der Waals surface area contributed by atoms with Crippen molar-refractivity contribution in [2.24, 2.45) is 0 Å². The van der Waals surface area contributed by atoms with Gasteiger partial charge >= 0.3 is 0 Å². The fraction of sp³-hybridized carbons (Fsp3) is 0.0625. The van der Waals surface area contributed by atoms with E-state index in [4.69, 9.17) is 10.00 Å². The van der Waals surface area contributed by atoms with Gasteiger partial charge < -0.3 is 10.1 Å². The Bertz CT molecular complexity index is 864. The highest BCUT2D eigenvalue weighted by molar-refractivity contribution is 5.94. The number of aromatic nitrogens is 2. The molecule has 2 aromatic carbocycles. The minimum atomic E-state index is -0.296. The lowest BCUT2D eigenvalue weighted by Gasteiger charge is -2.08. The van der Waals surface area contributed by atoms with E-state index in [9.17, 15) is 4.79 Å². The number of fused-ring (bicyclic) bond motifs is 1. The van der Waals surface area contributed by atoms with Crippen LogP contribution in [-0.4, -0.2) is 22.7 Å². The number of nitriles is 1. The Hall–Kier alpha value is -3.33. The number of benzene rings is 2. The topological polar surface area (TPSA) is 90.8 Å². The van der Waals surface area contributed by atoms with Crippen LogP contribution in [0, 0.1) is 11.3 Å². The molecule has 0 bridgehead atoms. The highest BCUT2D eigenvalue weighted by Crippen LogP contribution is 2.18. The molecule has 6 heteroatoms. The number of rotatable bonds is 4. The summed E-state index contributed by atoms with van der Waals surface area (Å²) in [7, 11) is 0. The number of hydrogen-bond acceptors (Lipinski definition) is 4. The van der Waals surface area contributed by atoms with Gasteiger partial charge in [0.1, 0.15) is 11.8 Å². The highest BCUT2D eigenvalue weighted by atomic mass is 16.5. The number of H-pyrrole nitrogens is 1. The summed E-state index contributed by atoms with van der Waals surface area (Å²) < 4.78 is 5.38. The lowest BCUT2D eigenvalue weighted by Crippen LogP contribution is -2.20.